The van der Waals surface area contributed by atoms with Crippen molar-refractivity contribution < 1.29 is 9.15 Å². The summed E-state index contributed by atoms with van der Waals surface area (Å²) in [7, 11) is 1.55. The van der Waals surface area contributed by atoms with Gasteiger partial charge in [-0.1, -0.05) is 11.6 Å². The van der Waals surface area contributed by atoms with E-state index in [1.165, 1.54) is 0 Å². The monoisotopic (exact) mass is 261 g/mol. The molecule has 0 aliphatic carbocycles. The highest BCUT2D eigenvalue weighted by Gasteiger charge is 2.11. The molecule has 2 aromatic heterocycles. The molecular formula is C13H8ClNO3. The third kappa shape index (κ3) is 1.54. The van der Waals surface area contributed by atoms with Gasteiger partial charge < -0.3 is 9.15 Å². The van der Waals surface area contributed by atoms with Gasteiger partial charge in [0, 0.05) is 17.6 Å². The van der Waals surface area contributed by atoms with Crippen molar-refractivity contribution in [2.24, 2.45) is 0 Å². The highest BCUT2D eigenvalue weighted by molar-refractivity contribution is 6.35. The third-order valence-electron chi connectivity index (χ3n) is 2.75. The van der Waals surface area contributed by atoms with Crippen molar-refractivity contribution in [1.29, 1.82) is 0 Å². The molecule has 4 nitrogen and oxygen atoms in total. The largest absolute Gasteiger partial charge is 0.497 e. The van der Waals surface area contributed by atoms with Crippen LogP contribution in [-0.2, 0) is 0 Å². The molecule has 3 rings (SSSR count). The Kier molecular flexibility index (Phi) is 2.45. The lowest BCUT2D eigenvalue weighted by Crippen LogP contribution is -2.01. The molecule has 3 aromatic rings. The predicted octanol–water partition coefficient (Wildman–Crippen LogP) is 3.00. The quantitative estimate of drug-likeness (QED) is 0.499. The van der Waals surface area contributed by atoms with Crippen LogP contribution in [0.4, 0.5) is 0 Å². The lowest BCUT2D eigenvalue weighted by atomic mass is 10.1. The zero-order valence-corrected chi connectivity index (χ0v) is 10.2. The molecule has 0 fully saturated rings. The molecule has 0 amide bonds. The van der Waals surface area contributed by atoms with Crippen LogP contribution in [0.1, 0.15) is 0 Å². The fraction of sp³-hybridized carbons (Fsp3) is 0.0769. The highest BCUT2D eigenvalue weighted by atomic mass is 35.5. The van der Waals surface area contributed by atoms with Crippen LogP contribution in [0.2, 0.25) is 5.02 Å². The molecule has 18 heavy (non-hydrogen) atoms. The van der Waals surface area contributed by atoms with Crippen LogP contribution in [0.25, 0.3) is 21.9 Å². The standard InChI is InChI=1S/C13H8ClNO3/c1-17-7-2-3-8-10(6-7)18-13(16)11-9(14)4-5-15-12(8)11/h2-6H,1H3. The lowest BCUT2D eigenvalue weighted by Gasteiger charge is -2.04. The number of rotatable bonds is 1. The van der Waals surface area contributed by atoms with Crippen LogP contribution >= 0.6 is 11.6 Å². The molecule has 0 N–H and O–H groups in total. The van der Waals surface area contributed by atoms with Gasteiger partial charge in [0.15, 0.2) is 0 Å². The maximum atomic E-state index is 11.9. The average molecular weight is 262 g/mol. The van der Waals surface area contributed by atoms with E-state index in [0.29, 0.717) is 27.3 Å². The zero-order valence-electron chi connectivity index (χ0n) is 9.44. The van der Waals surface area contributed by atoms with Gasteiger partial charge in [-0.15, -0.1) is 0 Å². The second kappa shape index (κ2) is 3.99. The van der Waals surface area contributed by atoms with Crippen molar-refractivity contribution in [2.45, 2.75) is 0 Å². The summed E-state index contributed by atoms with van der Waals surface area (Å²) in [4.78, 5) is 16.1. The van der Waals surface area contributed by atoms with Gasteiger partial charge in [0.1, 0.15) is 16.7 Å². The molecule has 1 aromatic carbocycles. The lowest BCUT2D eigenvalue weighted by molar-refractivity contribution is 0.414. The Morgan fingerprint density at radius 1 is 1.33 bits per heavy atom. The highest BCUT2D eigenvalue weighted by Crippen LogP contribution is 2.27. The summed E-state index contributed by atoms with van der Waals surface area (Å²) in [6.07, 6.45) is 1.56. The van der Waals surface area contributed by atoms with Gasteiger partial charge in [0.2, 0.25) is 0 Å². The second-order valence-electron chi connectivity index (χ2n) is 3.77. The molecule has 2 heterocycles. The maximum absolute atomic E-state index is 11.9. The number of ether oxygens (including phenoxy) is 1. The summed E-state index contributed by atoms with van der Waals surface area (Å²) >= 11 is 6.00. The van der Waals surface area contributed by atoms with Crippen LogP contribution in [0.3, 0.4) is 0 Å². The normalized spacial score (nSPS) is 11.0. The van der Waals surface area contributed by atoms with E-state index in [1.54, 1.807) is 37.6 Å². The van der Waals surface area contributed by atoms with E-state index < -0.39 is 5.63 Å². The molecular weight excluding hydrogens is 254 g/mol. The summed E-state index contributed by atoms with van der Waals surface area (Å²) in [5.74, 6) is 0.618. The minimum Gasteiger partial charge on any atom is -0.497 e. The number of aromatic nitrogens is 1. The Hall–Kier alpha value is -2.07. The summed E-state index contributed by atoms with van der Waals surface area (Å²) in [5.41, 5.74) is 0.474. The van der Waals surface area contributed by atoms with E-state index in [0.717, 1.165) is 5.39 Å². The molecule has 0 bridgehead atoms. The van der Waals surface area contributed by atoms with E-state index >= 15 is 0 Å². The number of benzene rings is 1. The maximum Gasteiger partial charge on any atom is 0.347 e. The number of nitrogens with zero attached hydrogens (tertiary/aromatic N) is 1. The molecule has 0 aliphatic rings. The van der Waals surface area contributed by atoms with E-state index in [-0.39, 0.29) is 0 Å². The van der Waals surface area contributed by atoms with E-state index in [9.17, 15) is 4.79 Å². The van der Waals surface area contributed by atoms with Crippen molar-refractivity contribution in [3.8, 4) is 5.75 Å². The van der Waals surface area contributed by atoms with Crippen LogP contribution in [-0.4, -0.2) is 12.1 Å². The Balaban J connectivity index is 2.55. The number of methoxy groups -OCH3 is 1. The first-order chi connectivity index (χ1) is 8.70. The second-order valence-corrected chi connectivity index (χ2v) is 4.18. The molecule has 0 unspecified atom stereocenters. The molecule has 0 aliphatic heterocycles. The summed E-state index contributed by atoms with van der Waals surface area (Å²) < 4.78 is 10.3. The van der Waals surface area contributed by atoms with Crippen LogP contribution in [0, 0.1) is 0 Å². The van der Waals surface area contributed by atoms with Gasteiger partial charge in [0.25, 0.3) is 0 Å². The molecule has 90 valence electrons. The Labute approximate surface area is 107 Å². The van der Waals surface area contributed by atoms with Gasteiger partial charge in [-0.3, -0.25) is 4.98 Å². The molecule has 0 spiro atoms. The summed E-state index contributed by atoms with van der Waals surface area (Å²) in [5, 5.41) is 1.37. The Morgan fingerprint density at radius 3 is 2.94 bits per heavy atom. The van der Waals surface area contributed by atoms with Gasteiger partial charge >= 0.3 is 5.63 Å². The number of hydrogen-bond acceptors (Lipinski definition) is 4. The van der Waals surface area contributed by atoms with E-state index in [4.69, 9.17) is 20.8 Å². The summed E-state index contributed by atoms with van der Waals surface area (Å²) in [6.45, 7) is 0. The molecule has 0 saturated heterocycles. The first-order valence-electron chi connectivity index (χ1n) is 5.26. The van der Waals surface area contributed by atoms with Crippen molar-refractivity contribution in [3.05, 3.63) is 45.9 Å². The van der Waals surface area contributed by atoms with E-state index in [1.807, 2.05) is 0 Å². The number of pyridine rings is 1. The van der Waals surface area contributed by atoms with Crippen molar-refractivity contribution in [1.82, 2.24) is 4.98 Å². The van der Waals surface area contributed by atoms with Crippen LogP contribution in [0.5, 0.6) is 5.75 Å². The van der Waals surface area contributed by atoms with Gasteiger partial charge in [-0.25, -0.2) is 4.79 Å². The third-order valence-corrected chi connectivity index (χ3v) is 3.07. The topological polar surface area (TPSA) is 52.3 Å². The predicted molar refractivity (Wildman–Crippen MR) is 69.3 cm³/mol. The number of fused-ring (bicyclic) bond motifs is 3. The van der Waals surface area contributed by atoms with Gasteiger partial charge in [-0.2, -0.15) is 0 Å². The fourth-order valence-corrected chi connectivity index (χ4v) is 2.12. The molecule has 0 saturated carbocycles. The van der Waals surface area contributed by atoms with Crippen molar-refractivity contribution in [2.75, 3.05) is 7.11 Å². The van der Waals surface area contributed by atoms with Crippen LogP contribution < -0.4 is 10.4 Å². The summed E-state index contributed by atoms with van der Waals surface area (Å²) in [6, 6.07) is 6.79. The Morgan fingerprint density at radius 2 is 2.17 bits per heavy atom. The van der Waals surface area contributed by atoms with Gasteiger partial charge in [0.05, 0.1) is 17.6 Å². The SMILES string of the molecule is COc1ccc2c(c1)oc(=O)c1c(Cl)ccnc12. The van der Waals surface area contributed by atoms with E-state index in [2.05, 4.69) is 4.98 Å². The number of halogens is 1. The number of hydrogen-bond donors (Lipinski definition) is 0. The van der Waals surface area contributed by atoms with Crippen LogP contribution in [0.15, 0.2) is 39.7 Å². The van der Waals surface area contributed by atoms with Crippen molar-refractivity contribution in [3.63, 3.8) is 0 Å². The smallest absolute Gasteiger partial charge is 0.347 e. The minimum atomic E-state index is -0.496. The molecule has 0 radical (unpaired) electrons. The average Bonchev–Trinajstić information content (AvgIpc) is 2.38. The first-order valence-corrected chi connectivity index (χ1v) is 5.63. The first kappa shape index (κ1) is 11.0. The Bertz CT molecular complexity index is 810. The van der Waals surface area contributed by atoms with Crippen molar-refractivity contribution >= 4 is 33.5 Å². The fourth-order valence-electron chi connectivity index (χ4n) is 1.90. The molecule has 5 heteroatoms. The minimum absolute atomic E-state index is 0.303. The zero-order chi connectivity index (χ0) is 12.7. The van der Waals surface area contributed by atoms with Gasteiger partial charge in [-0.05, 0) is 18.2 Å². The molecule has 0 atom stereocenters.